The molecule has 1 aromatic heterocycles. The highest BCUT2D eigenvalue weighted by Gasteiger charge is 2.31. The number of carbonyl (C=O) groups is 2. The molecule has 0 saturated heterocycles. The zero-order valence-corrected chi connectivity index (χ0v) is 12.2. The van der Waals surface area contributed by atoms with Crippen LogP contribution in [0, 0.1) is 5.92 Å². The minimum Gasteiger partial charge on any atom is -0.477 e. The van der Waals surface area contributed by atoms with Crippen molar-refractivity contribution in [2.75, 3.05) is 11.9 Å². The molecular weight excluding hydrogens is 260 g/mol. The number of hydrogen-bond donors (Lipinski definition) is 2. The van der Waals surface area contributed by atoms with Gasteiger partial charge in [-0.25, -0.2) is 4.79 Å². The van der Waals surface area contributed by atoms with E-state index < -0.39 is 11.6 Å². The summed E-state index contributed by atoms with van der Waals surface area (Å²) < 4.78 is 6.99. The Morgan fingerprint density at radius 2 is 2.10 bits per heavy atom. The number of nitrogens with one attached hydrogen (secondary N) is 1. The number of carboxylic acids is 1. The molecule has 1 aliphatic heterocycles. The van der Waals surface area contributed by atoms with Gasteiger partial charge in [-0.2, -0.15) is 0 Å². The molecule has 6 nitrogen and oxygen atoms in total. The van der Waals surface area contributed by atoms with Gasteiger partial charge in [-0.05, 0) is 26.8 Å². The van der Waals surface area contributed by atoms with Crippen molar-refractivity contribution in [3.63, 3.8) is 0 Å². The molecule has 0 bridgehead atoms. The fourth-order valence-corrected chi connectivity index (χ4v) is 2.34. The van der Waals surface area contributed by atoms with Gasteiger partial charge in [0, 0.05) is 25.7 Å². The first-order valence-electron chi connectivity index (χ1n) is 6.57. The van der Waals surface area contributed by atoms with Crippen LogP contribution in [0.15, 0.2) is 6.07 Å². The summed E-state index contributed by atoms with van der Waals surface area (Å²) in [5, 5.41) is 12.2. The molecular formula is C14H20N2O4. The molecule has 0 fully saturated rings. The van der Waals surface area contributed by atoms with Crippen molar-refractivity contribution in [1.29, 1.82) is 0 Å². The normalized spacial score (nSPS) is 18.1. The van der Waals surface area contributed by atoms with Gasteiger partial charge in [0.15, 0.2) is 0 Å². The number of carbonyl (C=O) groups excluding carboxylic acids is 1. The highest BCUT2D eigenvalue weighted by molar-refractivity contribution is 5.88. The van der Waals surface area contributed by atoms with Crippen LogP contribution in [0.5, 0.6) is 0 Å². The summed E-state index contributed by atoms with van der Waals surface area (Å²) in [4.78, 5) is 23.2. The molecule has 1 aromatic rings. The van der Waals surface area contributed by atoms with Crippen molar-refractivity contribution in [1.82, 2.24) is 4.57 Å². The van der Waals surface area contributed by atoms with Gasteiger partial charge in [-0.1, -0.05) is 0 Å². The van der Waals surface area contributed by atoms with Crippen molar-refractivity contribution in [3.8, 4) is 0 Å². The molecule has 0 aliphatic carbocycles. The van der Waals surface area contributed by atoms with Gasteiger partial charge in [-0.15, -0.1) is 0 Å². The Morgan fingerprint density at radius 1 is 1.45 bits per heavy atom. The van der Waals surface area contributed by atoms with Crippen molar-refractivity contribution in [2.45, 2.75) is 32.8 Å². The van der Waals surface area contributed by atoms with Crippen LogP contribution in [0.1, 0.15) is 37.0 Å². The zero-order valence-electron chi connectivity index (χ0n) is 12.2. The van der Waals surface area contributed by atoms with E-state index in [0.717, 1.165) is 11.4 Å². The monoisotopic (exact) mass is 280 g/mol. The highest BCUT2D eigenvalue weighted by Crippen LogP contribution is 2.29. The van der Waals surface area contributed by atoms with Gasteiger partial charge in [0.05, 0.1) is 11.6 Å². The molecule has 6 heteroatoms. The predicted octanol–water partition coefficient (Wildman–Crippen LogP) is 1.65. The van der Waals surface area contributed by atoms with E-state index in [4.69, 9.17) is 9.84 Å². The van der Waals surface area contributed by atoms with E-state index in [1.165, 1.54) is 0 Å². The zero-order chi connectivity index (χ0) is 15.1. The summed E-state index contributed by atoms with van der Waals surface area (Å²) in [7, 11) is 1.70. The van der Waals surface area contributed by atoms with E-state index in [-0.39, 0.29) is 17.6 Å². The smallest absolute Gasteiger partial charge is 0.352 e. The molecule has 0 saturated carbocycles. The lowest BCUT2D eigenvalue weighted by molar-refractivity contribution is -0.159. The Hall–Kier alpha value is -1.98. The first-order chi connectivity index (χ1) is 9.19. The molecule has 110 valence electrons. The summed E-state index contributed by atoms with van der Waals surface area (Å²) in [5.74, 6) is -1.52. The number of aromatic nitrogens is 1. The van der Waals surface area contributed by atoms with Crippen LogP contribution in [0.2, 0.25) is 0 Å². The summed E-state index contributed by atoms with van der Waals surface area (Å²) in [5.41, 5.74) is 1.30. The van der Waals surface area contributed by atoms with Crippen molar-refractivity contribution in [3.05, 3.63) is 17.5 Å². The summed E-state index contributed by atoms with van der Waals surface area (Å²) in [6, 6.07) is 1.60. The summed E-state index contributed by atoms with van der Waals surface area (Å²) in [6.07, 6.45) is 0.487. The molecule has 1 unspecified atom stereocenters. The third-order valence-electron chi connectivity index (χ3n) is 3.30. The first kappa shape index (κ1) is 14.4. The number of carboxylic acid groups (broad SMARTS) is 1. The number of hydrogen-bond acceptors (Lipinski definition) is 4. The number of fused-ring (bicyclic) bond motifs is 1. The van der Waals surface area contributed by atoms with Gasteiger partial charge < -0.3 is 19.7 Å². The van der Waals surface area contributed by atoms with Gasteiger partial charge in [0.1, 0.15) is 11.3 Å². The first-order valence-corrected chi connectivity index (χ1v) is 6.57. The van der Waals surface area contributed by atoms with E-state index in [9.17, 15) is 9.59 Å². The highest BCUT2D eigenvalue weighted by atomic mass is 16.6. The maximum absolute atomic E-state index is 12.1. The number of anilines is 1. The van der Waals surface area contributed by atoms with Gasteiger partial charge in [0.2, 0.25) is 0 Å². The molecule has 2 rings (SSSR count). The molecule has 1 atom stereocenters. The van der Waals surface area contributed by atoms with E-state index in [1.54, 1.807) is 17.7 Å². The van der Waals surface area contributed by atoms with Crippen LogP contribution < -0.4 is 5.32 Å². The minimum atomic E-state index is -0.975. The summed E-state index contributed by atoms with van der Waals surface area (Å²) >= 11 is 0. The van der Waals surface area contributed by atoms with E-state index in [1.807, 2.05) is 20.8 Å². The SMILES string of the molecule is Cn1c(C(=O)O)cc2c1CC(C(=O)OC(C)(C)C)CN2. The lowest BCUT2D eigenvalue weighted by atomic mass is 9.98. The second kappa shape index (κ2) is 4.85. The number of esters is 1. The lowest BCUT2D eigenvalue weighted by Crippen LogP contribution is -2.35. The number of aromatic carboxylic acids is 1. The average Bonchev–Trinajstić information content (AvgIpc) is 2.64. The maximum atomic E-state index is 12.1. The van der Waals surface area contributed by atoms with Crippen molar-refractivity contribution < 1.29 is 19.4 Å². The van der Waals surface area contributed by atoms with Gasteiger partial charge in [0.25, 0.3) is 0 Å². The van der Waals surface area contributed by atoms with E-state index >= 15 is 0 Å². The molecule has 20 heavy (non-hydrogen) atoms. The van der Waals surface area contributed by atoms with Crippen LogP contribution in [-0.2, 0) is 23.0 Å². The predicted molar refractivity (Wildman–Crippen MR) is 73.9 cm³/mol. The molecule has 0 radical (unpaired) electrons. The minimum absolute atomic E-state index is 0.215. The topological polar surface area (TPSA) is 80.6 Å². The Labute approximate surface area is 117 Å². The molecule has 0 aromatic carbocycles. The molecule has 2 heterocycles. The Kier molecular flexibility index (Phi) is 3.50. The third-order valence-corrected chi connectivity index (χ3v) is 3.30. The van der Waals surface area contributed by atoms with Crippen LogP contribution >= 0.6 is 0 Å². The molecule has 1 aliphatic rings. The van der Waals surface area contributed by atoms with Crippen LogP contribution in [0.3, 0.4) is 0 Å². The van der Waals surface area contributed by atoms with Crippen LogP contribution in [0.4, 0.5) is 5.69 Å². The van der Waals surface area contributed by atoms with Crippen molar-refractivity contribution >= 4 is 17.6 Å². The summed E-state index contributed by atoms with van der Waals surface area (Å²) in [6.45, 7) is 5.96. The largest absolute Gasteiger partial charge is 0.477 e. The lowest BCUT2D eigenvalue weighted by Gasteiger charge is -2.27. The maximum Gasteiger partial charge on any atom is 0.352 e. The second-order valence-electron chi connectivity index (χ2n) is 6.07. The average molecular weight is 280 g/mol. The van der Waals surface area contributed by atoms with Crippen molar-refractivity contribution in [2.24, 2.45) is 13.0 Å². The molecule has 0 spiro atoms. The Balaban J connectivity index is 2.19. The number of ether oxygens (including phenoxy) is 1. The second-order valence-corrected chi connectivity index (χ2v) is 6.07. The Bertz CT molecular complexity index is 554. The number of rotatable bonds is 2. The molecule has 0 amide bonds. The van der Waals surface area contributed by atoms with Gasteiger partial charge in [-0.3, -0.25) is 4.79 Å². The third kappa shape index (κ3) is 2.79. The number of nitrogens with zero attached hydrogens (tertiary/aromatic N) is 1. The molecule has 2 N–H and O–H groups in total. The quantitative estimate of drug-likeness (QED) is 0.805. The van der Waals surface area contributed by atoms with E-state index in [0.29, 0.717) is 13.0 Å². The fraction of sp³-hybridized carbons (Fsp3) is 0.571. The van der Waals surface area contributed by atoms with Gasteiger partial charge >= 0.3 is 11.9 Å². The Morgan fingerprint density at radius 3 is 2.65 bits per heavy atom. The van der Waals surface area contributed by atoms with Crippen LogP contribution in [0.25, 0.3) is 0 Å². The van der Waals surface area contributed by atoms with Crippen LogP contribution in [-0.4, -0.2) is 33.8 Å². The standard InChI is InChI=1S/C14H20N2O4/c1-14(2,3)20-13(19)8-5-10-9(15-7-8)6-11(12(17)18)16(10)4/h6,8,15H,5,7H2,1-4H3,(H,17,18). The van der Waals surface area contributed by atoms with E-state index in [2.05, 4.69) is 5.32 Å². The fourth-order valence-electron chi connectivity index (χ4n) is 2.34.